The molecule has 0 radical (unpaired) electrons. The van der Waals surface area contributed by atoms with Crippen LogP contribution in [-0.2, 0) is 11.8 Å². The number of benzene rings is 1. The molecule has 6 nitrogen and oxygen atoms in total. The van der Waals surface area contributed by atoms with Crippen LogP contribution in [0.5, 0.6) is 5.75 Å². The first-order chi connectivity index (χ1) is 9.63. The number of aromatic nitrogens is 2. The Labute approximate surface area is 115 Å². The molecule has 2 aromatic rings. The molecule has 1 fully saturated rings. The number of carboxylic acids is 1. The number of rotatable bonds is 4. The van der Waals surface area contributed by atoms with Gasteiger partial charge in [-0.05, 0) is 18.2 Å². The fraction of sp³-hybridized carbons (Fsp3) is 0.286. The second-order valence-electron chi connectivity index (χ2n) is 4.65. The Bertz CT molecular complexity index is 646. The third kappa shape index (κ3) is 2.37. The molecule has 0 aliphatic carbocycles. The minimum absolute atomic E-state index is 0.0289. The predicted molar refractivity (Wildman–Crippen MR) is 70.8 cm³/mol. The number of nitrogens with zero attached hydrogens (tertiary/aromatic N) is 2. The summed E-state index contributed by atoms with van der Waals surface area (Å²) in [5.74, 6) is -0.292. The van der Waals surface area contributed by atoms with Crippen molar-refractivity contribution in [2.75, 3.05) is 13.2 Å². The molecule has 0 spiro atoms. The minimum atomic E-state index is -1.04. The summed E-state index contributed by atoms with van der Waals surface area (Å²) in [6.07, 6.45) is 0.103. The molecule has 0 unspecified atom stereocenters. The quantitative estimate of drug-likeness (QED) is 0.916. The highest BCUT2D eigenvalue weighted by Crippen LogP contribution is 2.25. The Hall–Kier alpha value is -2.34. The van der Waals surface area contributed by atoms with Gasteiger partial charge in [0.15, 0.2) is 5.69 Å². The second kappa shape index (κ2) is 4.97. The zero-order valence-corrected chi connectivity index (χ0v) is 10.9. The largest absolute Gasteiger partial charge is 0.486 e. The Kier molecular flexibility index (Phi) is 3.15. The van der Waals surface area contributed by atoms with Crippen LogP contribution in [0.25, 0.3) is 11.3 Å². The molecule has 0 saturated carbocycles. The Morgan fingerprint density at radius 1 is 1.45 bits per heavy atom. The maximum atomic E-state index is 10.9. The summed E-state index contributed by atoms with van der Waals surface area (Å²) in [5, 5.41) is 12.9. The van der Waals surface area contributed by atoms with E-state index in [1.165, 1.54) is 0 Å². The van der Waals surface area contributed by atoms with Gasteiger partial charge in [0.2, 0.25) is 0 Å². The van der Waals surface area contributed by atoms with Gasteiger partial charge in [-0.15, -0.1) is 0 Å². The lowest BCUT2D eigenvalue weighted by Crippen LogP contribution is -2.38. The van der Waals surface area contributed by atoms with E-state index in [9.17, 15) is 4.79 Å². The molecule has 0 bridgehead atoms. The van der Waals surface area contributed by atoms with Crippen molar-refractivity contribution in [3.63, 3.8) is 0 Å². The van der Waals surface area contributed by atoms with E-state index < -0.39 is 5.97 Å². The third-order valence-corrected chi connectivity index (χ3v) is 3.14. The van der Waals surface area contributed by atoms with E-state index in [-0.39, 0.29) is 11.8 Å². The van der Waals surface area contributed by atoms with Gasteiger partial charge < -0.3 is 14.6 Å². The molecule has 6 heteroatoms. The van der Waals surface area contributed by atoms with E-state index in [1.807, 2.05) is 24.3 Å². The lowest BCUT2D eigenvalue weighted by molar-refractivity contribution is -0.0796. The van der Waals surface area contributed by atoms with Crippen LogP contribution >= 0.6 is 0 Å². The molecule has 0 atom stereocenters. The molecule has 1 saturated heterocycles. The highest BCUT2D eigenvalue weighted by molar-refractivity contribution is 5.87. The van der Waals surface area contributed by atoms with Gasteiger partial charge in [-0.2, -0.15) is 5.10 Å². The number of carboxylic acid groups (broad SMARTS) is 1. The van der Waals surface area contributed by atoms with Crippen molar-refractivity contribution < 1.29 is 19.4 Å². The smallest absolute Gasteiger partial charge is 0.356 e. The lowest BCUT2D eigenvalue weighted by atomic mass is 10.1. The molecule has 1 aliphatic heterocycles. The number of aryl methyl sites for hydroxylation is 1. The fourth-order valence-electron chi connectivity index (χ4n) is 2.05. The average Bonchev–Trinajstić information content (AvgIpc) is 2.77. The molecular weight excluding hydrogens is 260 g/mol. The van der Waals surface area contributed by atoms with Gasteiger partial charge in [0.25, 0.3) is 0 Å². The summed E-state index contributed by atoms with van der Waals surface area (Å²) in [7, 11) is 1.72. The maximum absolute atomic E-state index is 10.9. The molecule has 1 aliphatic rings. The van der Waals surface area contributed by atoms with Crippen LogP contribution in [0.4, 0.5) is 0 Å². The molecule has 2 heterocycles. The summed E-state index contributed by atoms with van der Waals surface area (Å²) in [6.45, 7) is 1.22. The van der Waals surface area contributed by atoms with Crippen molar-refractivity contribution in [1.82, 2.24) is 9.78 Å². The third-order valence-electron chi connectivity index (χ3n) is 3.14. The van der Waals surface area contributed by atoms with Gasteiger partial charge in [-0.3, -0.25) is 4.68 Å². The van der Waals surface area contributed by atoms with Crippen LogP contribution < -0.4 is 4.74 Å². The van der Waals surface area contributed by atoms with Gasteiger partial charge in [0.1, 0.15) is 11.9 Å². The Morgan fingerprint density at radius 2 is 2.25 bits per heavy atom. The molecule has 1 aromatic carbocycles. The maximum Gasteiger partial charge on any atom is 0.356 e. The van der Waals surface area contributed by atoms with Crippen LogP contribution in [0.15, 0.2) is 30.3 Å². The zero-order valence-electron chi connectivity index (χ0n) is 10.9. The highest BCUT2D eigenvalue weighted by atomic mass is 16.6. The van der Waals surface area contributed by atoms with Gasteiger partial charge in [-0.25, -0.2) is 4.79 Å². The zero-order chi connectivity index (χ0) is 14.1. The summed E-state index contributed by atoms with van der Waals surface area (Å²) in [5.41, 5.74) is 1.63. The molecule has 104 valence electrons. The van der Waals surface area contributed by atoms with Crippen LogP contribution in [-0.4, -0.2) is 40.2 Å². The summed E-state index contributed by atoms with van der Waals surface area (Å²) >= 11 is 0. The number of aromatic carboxylic acids is 1. The summed E-state index contributed by atoms with van der Waals surface area (Å²) < 4.78 is 12.4. The van der Waals surface area contributed by atoms with Crippen molar-refractivity contribution in [2.24, 2.45) is 7.05 Å². The summed E-state index contributed by atoms with van der Waals surface area (Å²) in [6, 6.07) is 9.07. The van der Waals surface area contributed by atoms with Crippen LogP contribution in [0.2, 0.25) is 0 Å². The highest BCUT2D eigenvalue weighted by Gasteiger charge is 2.20. The fourth-order valence-corrected chi connectivity index (χ4v) is 2.05. The van der Waals surface area contributed by atoms with E-state index in [2.05, 4.69) is 5.10 Å². The van der Waals surface area contributed by atoms with Gasteiger partial charge in [0, 0.05) is 12.6 Å². The average molecular weight is 274 g/mol. The SMILES string of the molecule is Cn1nc(C(=O)O)cc1-c1cccc(OC2COC2)c1. The molecular formula is C14H14N2O4. The molecule has 0 amide bonds. The second-order valence-corrected chi connectivity index (χ2v) is 4.65. The first-order valence-corrected chi connectivity index (χ1v) is 6.25. The lowest BCUT2D eigenvalue weighted by Gasteiger charge is -2.26. The Morgan fingerprint density at radius 3 is 2.85 bits per heavy atom. The van der Waals surface area contributed by atoms with E-state index in [1.54, 1.807) is 17.8 Å². The standard InChI is InChI=1S/C14H14N2O4/c1-16-13(6-12(15-16)14(17)18)9-3-2-4-10(5-9)20-11-7-19-8-11/h2-6,11H,7-8H2,1H3,(H,17,18). The van der Waals surface area contributed by atoms with E-state index in [0.717, 1.165) is 17.0 Å². The number of ether oxygens (including phenoxy) is 2. The molecule has 1 aromatic heterocycles. The van der Waals surface area contributed by atoms with Crippen molar-refractivity contribution in [3.05, 3.63) is 36.0 Å². The molecule has 3 rings (SSSR count). The van der Waals surface area contributed by atoms with Gasteiger partial charge in [-0.1, -0.05) is 12.1 Å². The first-order valence-electron chi connectivity index (χ1n) is 6.25. The van der Waals surface area contributed by atoms with Crippen molar-refractivity contribution in [3.8, 4) is 17.0 Å². The van der Waals surface area contributed by atoms with Crippen LogP contribution in [0, 0.1) is 0 Å². The predicted octanol–water partition coefficient (Wildman–Crippen LogP) is 1.56. The first kappa shape index (κ1) is 12.7. The van der Waals surface area contributed by atoms with Crippen molar-refractivity contribution >= 4 is 5.97 Å². The minimum Gasteiger partial charge on any atom is -0.486 e. The van der Waals surface area contributed by atoms with E-state index in [0.29, 0.717) is 13.2 Å². The number of carbonyl (C=O) groups is 1. The molecule has 20 heavy (non-hydrogen) atoms. The molecule has 1 N–H and O–H groups in total. The Balaban J connectivity index is 1.89. The van der Waals surface area contributed by atoms with Crippen LogP contribution in [0.1, 0.15) is 10.5 Å². The van der Waals surface area contributed by atoms with Crippen molar-refractivity contribution in [2.45, 2.75) is 6.10 Å². The number of hydrogen-bond acceptors (Lipinski definition) is 4. The van der Waals surface area contributed by atoms with Crippen molar-refractivity contribution in [1.29, 1.82) is 0 Å². The van der Waals surface area contributed by atoms with Crippen LogP contribution in [0.3, 0.4) is 0 Å². The monoisotopic (exact) mass is 274 g/mol. The topological polar surface area (TPSA) is 73.6 Å². The van der Waals surface area contributed by atoms with E-state index in [4.69, 9.17) is 14.6 Å². The normalized spacial score (nSPS) is 14.8. The van der Waals surface area contributed by atoms with Gasteiger partial charge >= 0.3 is 5.97 Å². The number of hydrogen-bond donors (Lipinski definition) is 1. The van der Waals surface area contributed by atoms with E-state index >= 15 is 0 Å². The summed E-state index contributed by atoms with van der Waals surface area (Å²) in [4.78, 5) is 10.9. The van der Waals surface area contributed by atoms with Gasteiger partial charge in [0.05, 0.1) is 18.9 Å².